The van der Waals surface area contributed by atoms with Crippen molar-refractivity contribution in [2.24, 2.45) is 5.92 Å². The highest BCUT2D eigenvalue weighted by molar-refractivity contribution is 5.95. The zero-order valence-electron chi connectivity index (χ0n) is 17.6. The molecule has 1 aliphatic rings. The Labute approximate surface area is 181 Å². The molecule has 32 heavy (non-hydrogen) atoms. The van der Waals surface area contributed by atoms with Crippen LogP contribution in [-0.2, 0) is 12.4 Å². The quantitative estimate of drug-likeness (QED) is 0.652. The van der Waals surface area contributed by atoms with Gasteiger partial charge in [0, 0.05) is 19.1 Å². The molecule has 1 saturated heterocycles. The van der Waals surface area contributed by atoms with E-state index in [1.807, 2.05) is 0 Å². The smallest absolute Gasteiger partial charge is 0.352 e. The number of piperidine rings is 1. The van der Waals surface area contributed by atoms with Gasteiger partial charge < -0.3 is 10.2 Å². The molecule has 1 amide bonds. The molecule has 1 N–H and O–H groups in total. The van der Waals surface area contributed by atoms with Crippen LogP contribution in [0, 0.1) is 5.92 Å². The lowest BCUT2D eigenvalue weighted by Crippen LogP contribution is -2.43. The van der Waals surface area contributed by atoms with E-state index < -0.39 is 40.8 Å². The monoisotopic (exact) mass is 462 g/mol. The van der Waals surface area contributed by atoms with Crippen LogP contribution < -0.4 is 5.32 Å². The number of nitrogens with one attached hydrogen (secondary N) is 1. The SMILES string of the molecule is CC(C)N1CCCC(CNC(=O)c2cnn(-c3cccc(C(F)(F)F)c3)c2C(F)(F)F)C1. The maximum atomic E-state index is 13.8. The summed E-state index contributed by atoms with van der Waals surface area (Å²) in [6.07, 6.45) is -7.22. The molecule has 1 fully saturated rings. The highest BCUT2D eigenvalue weighted by Gasteiger charge is 2.41. The van der Waals surface area contributed by atoms with E-state index in [0.29, 0.717) is 16.8 Å². The number of rotatable bonds is 5. The maximum Gasteiger partial charge on any atom is 0.434 e. The van der Waals surface area contributed by atoms with Crippen LogP contribution in [0.25, 0.3) is 5.69 Å². The molecule has 1 aromatic heterocycles. The van der Waals surface area contributed by atoms with Crippen molar-refractivity contribution in [3.05, 3.63) is 47.3 Å². The molecule has 2 heterocycles. The first-order valence-corrected chi connectivity index (χ1v) is 10.2. The molecule has 0 spiro atoms. The molecule has 176 valence electrons. The largest absolute Gasteiger partial charge is 0.434 e. The van der Waals surface area contributed by atoms with Crippen LogP contribution in [0.3, 0.4) is 0 Å². The molecule has 5 nitrogen and oxygen atoms in total. The number of carbonyl (C=O) groups excluding carboxylic acids is 1. The molecule has 1 aromatic carbocycles. The third-order valence-electron chi connectivity index (χ3n) is 5.53. The van der Waals surface area contributed by atoms with Crippen LogP contribution in [0.5, 0.6) is 0 Å². The molecule has 0 bridgehead atoms. The van der Waals surface area contributed by atoms with Crippen molar-refractivity contribution in [2.45, 2.75) is 45.1 Å². The van der Waals surface area contributed by atoms with Crippen molar-refractivity contribution < 1.29 is 31.1 Å². The number of alkyl halides is 6. The third-order valence-corrected chi connectivity index (χ3v) is 5.53. The van der Waals surface area contributed by atoms with Gasteiger partial charge in [0.25, 0.3) is 5.91 Å². The summed E-state index contributed by atoms with van der Waals surface area (Å²) in [5, 5.41) is 6.13. The van der Waals surface area contributed by atoms with Gasteiger partial charge in [-0.15, -0.1) is 0 Å². The van der Waals surface area contributed by atoms with Gasteiger partial charge in [-0.25, -0.2) is 4.68 Å². The lowest BCUT2D eigenvalue weighted by atomic mass is 9.97. The molecule has 0 radical (unpaired) electrons. The van der Waals surface area contributed by atoms with Crippen LogP contribution in [0.15, 0.2) is 30.5 Å². The average Bonchev–Trinajstić information content (AvgIpc) is 3.17. The molecule has 1 aliphatic heterocycles. The third kappa shape index (κ3) is 5.43. The summed E-state index contributed by atoms with van der Waals surface area (Å²) in [6.45, 7) is 5.98. The van der Waals surface area contributed by atoms with Gasteiger partial charge in [0.2, 0.25) is 0 Å². The lowest BCUT2D eigenvalue weighted by Gasteiger charge is -2.35. The summed E-state index contributed by atoms with van der Waals surface area (Å²) < 4.78 is 80.6. The fourth-order valence-electron chi connectivity index (χ4n) is 3.86. The lowest BCUT2D eigenvalue weighted by molar-refractivity contribution is -0.143. The summed E-state index contributed by atoms with van der Waals surface area (Å²) in [5.41, 5.74) is -3.70. The first kappa shape index (κ1) is 24.1. The van der Waals surface area contributed by atoms with Crippen LogP contribution in [0.2, 0.25) is 0 Å². The average molecular weight is 462 g/mol. The minimum absolute atomic E-state index is 0.1000. The predicted octanol–water partition coefficient (Wildman–Crippen LogP) is 4.76. The van der Waals surface area contributed by atoms with E-state index in [4.69, 9.17) is 0 Å². The fraction of sp³-hybridized carbons (Fsp3) is 0.524. The first-order valence-electron chi connectivity index (χ1n) is 10.2. The highest BCUT2D eigenvalue weighted by Crippen LogP contribution is 2.35. The Morgan fingerprint density at radius 2 is 1.91 bits per heavy atom. The van der Waals surface area contributed by atoms with Crippen LogP contribution >= 0.6 is 0 Å². The van der Waals surface area contributed by atoms with E-state index in [1.54, 1.807) is 0 Å². The fourth-order valence-corrected chi connectivity index (χ4v) is 3.86. The number of nitrogens with zero attached hydrogens (tertiary/aromatic N) is 3. The molecular weight excluding hydrogens is 438 g/mol. The Hall–Kier alpha value is -2.56. The van der Waals surface area contributed by atoms with Crippen LogP contribution in [-0.4, -0.2) is 46.3 Å². The predicted molar refractivity (Wildman–Crippen MR) is 105 cm³/mol. The normalized spacial score (nSPS) is 18.2. The van der Waals surface area contributed by atoms with Gasteiger partial charge >= 0.3 is 12.4 Å². The summed E-state index contributed by atoms with van der Waals surface area (Å²) in [4.78, 5) is 14.8. The van der Waals surface area contributed by atoms with Crippen LogP contribution in [0.1, 0.15) is 48.3 Å². The van der Waals surface area contributed by atoms with Gasteiger partial charge in [0.15, 0.2) is 5.69 Å². The van der Waals surface area contributed by atoms with Gasteiger partial charge in [-0.05, 0) is 57.4 Å². The molecule has 0 aliphatic carbocycles. The molecule has 2 aromatic rings. The van der Waals surface area contributed by atoms with Gasteiger partial charge in [-0.1, -0.05) is 6.07 Å². The topological polar surface area (TPSA) is 50.2 Å². The number of hydrogen-bond acceptors (Lipinski definition) is 3. The van der Waals surface area contributed by atoms with Crippen molar-refractivity contribution in [3.63, 3.8) is 0 Å². The zero-order chi connectivity index (χ0) is 23.7. The summed E-state index contributed by atoms with van der Waals surface area (Å²) in [6, 6.07) is 3.70. The Kier molecular flexibility index (Phi) is 6.87. The van der Waals surface area contributed by atoms with E-state index in [1.165, 1.54) is 0 Å². The minimum Gasteiger partial charge on any atom is -0.352 e. The molecule has 1 atom stereocenters. The van der Waals surface area contributed by atoms with Crippen LogP contribution in [0.4, 0.5) is 26.3 Å². The second-order valence-corrected chi connectivity index (χ2v) is 8.17. The number of carbonyl (C=O) groups is 1. The second kappa shape index (κ2) is 9.13. The highest BCUT2D eigenvalue weighted by atomic mass is 19.4. The summed E-state index contributed by atoms with van der Waals surface area (Å²) in [7, 11) is 0. The second-order valence-electron chi connectivity index (χ2n) is 8.17. The Bertz CT molecular complexity index is 950. The molecule has 1 unspecified atom stereocenters. The molecule has 3 rings (SSSR count). The molecule has 0 saturated carbocycles. The molecule has 11 heteroatoms. The minimum atomic E-state index is -5.00. The van der Waals surface area contributed by atoms with E-state index in [2.05, 4.69) is 29.2 Å². The van der Waals surface area contributed by atoms with Crippen molar-refractivity contribution in [1.82, 2.24) is 20.0 Å². The molecular formula is C21H24F6N4O. The number of likely N-dealkylation sites (tertiary alicyclic amines) is 1. The number of benzene rings is 1. The van der Waals surface area contributed by atoms with E-state index in [-0.39, 0.29) is 12.5 Å². The van der Waals surface area contributed by atoms with Crippen molar-refractivity contribution in [1.29, 1.82) is 0 Å². The van der Waals surface area contributed by atoms with Gasteiger partial charge in [-0.3, -0.25) is 4.79 Å². The zero-order valence-corrected chi connectivity index (χ0v) is 17.6. The first-order chi connectivity index (χ1) is 14.9. The summed E-state index contributed by atoms with van der Waals surface area (Å²) in [5.74, 6) is -0.861. The summed E-state index contributed by atoms with van der Waals surface area (Å²) >= 11 is 0. The number of halogens is 6. The Morgan fingerprint density at radius 1 is 1.19 bits per heavy atom. The van der Waals surface area contributed by atoms with E-state index in [9.17, 15) is 31.1 Å². The number of hydrogen-bond donors (Lipinski definition) is 1. The van der Waals surface area contributed by atoms with Gasteiger partial charge in [0.1, 0.15) is 0 Å². The van der Waals surface area contributed by atoms with Gasteiger partial charge in [0.05, 0.1) is 23.0 Å². The van der Waals surface area contributed by atoms with Crippen molar-refractivity contribution in [3.8, 4) is 5.69 Å². The number of aromatic nitrogens is 2. The maximum absolute atomic E-state index is 13.8. The standard InChI is InChI=1S/C21H24F6N4O/c1-13(2)30-8-4-5-14(12-30)10-28-19(32)17-11-29-31(18(17)21(25,26)27)16-7-3-6-15(9-16)20(22,23)24/h3,6-7,9,11,13-14H,4-5,8,10,12H2,1-2H3,(H,28,32). The van der Waals surface area contributed by atoms with E-state index >= 15 is 0 Å². The van der Waals surface area contributed by atoms with E-state index in [0.717, 1.165) is 50.3 Å². The number of amides is 1. The Morgan fingerprint density at radius 3 is 2.53 bits per heavy atom. The Balaban J connectivity index is 1.84. The van der Waals surface area contributed by atoms with Crippen molar-refractivity contribution in [2.75, 3.05) is 19.6 Å². The van der Waals surface area contributed by atoms with Crippen molar-refractivity contribution >= 4 is 5.91 Å². The van der Waals surface area contributed by atoms with Gasteiger partial charge in [-0.2, -0.15) is 31.4 Å².